The molecule has 2 amide bonds. The molecule has 0 unspecified atom stereocenters. The van der Waals surface area contributed by atoms with E-state index < -0.39 is 22.0 Å². The molecule has 0 saturated heterocycles. The van der Waals surface area contributed by atoms with Gasteiger partial charge in [-0.3, -0.25) is 13.9 Å². The molecule has 1 fully saturated rings. The summed E-state index contributed by atoms with van der Waals surface area (Å²) in [5, 5.41) is 3.12. The Morgan fingerprint density at radius 3 is 2.14 bits per heavy atom. The highest BCUT2D eigenvalue weighted by molar-refractivity contribution is 7.92. The zero-order chi connectivity index (χ0) is 25.6. The van der Waals surface area contributed by atoms with Crippen LogP contribution in [0.3, 0.4) is 0 Å². The van der Waals surface area contributed by atoms with Gasteiger partial charge in [0, 0.05) is 12.6 Å². The molecular formula is C27H37N3O4S. The van der Waals surface area contributed by atoms with Gasteiger partial charge in [0.1, 0.15) is 12.6 Å². The van der Waals surface area contributed by atoms with Crippen LogP contribution in [0.15, 0.2) is 48.5 Å². The van der Waals surface area contributed by atoms with Gasteiger partial charge in [0.05, 0.1) is 11.9 Å². The fourth-order valence-corrected chi connectivity index (χ4v) is 5.81. The topological polar surface area (TPSA) is 86.8 Å². The van der Waals surface area contributed by atoms with Gasteiger partial charge in [-0.25, -0.2) is 8.42 Å². The molecule has 0 spiro atoms. The Morgan fingerprint density at radius 2 is 1.60 bits per heavy atom. The standard InChI is InChI=1S/C27H37N3O4S/c1-5-24(27(32)28-23-16-9-10-17-23)29(18-22-14-7-6-8-15-22)25(31)19-30(35(4,33)34)26-20(2)12-11-13-21(26)3/h6-8,11-15,23-24H,5,9-10,16-19H2,1-4H3,(H,28,32)/t24-/m0/s1. The van der Waals surface area contributed by atoms with E-state index in [4.69, 9.17) is 0 Å². The number of rotatable bonds is 10. The average molecular weight is 500 g/mol. The van der Waals surface area contributed by atoms with Gasteiger partial charge < -0.3 is 10.2 Å². The minimum atomic E-state index is -3.75. The molecule has 1 aliphatic carbocycles. The first-order chi connectivity index (χ1) is 16.6. The summed E-state index contributed by atoms with van der Waals surface area (Å²) >= 11 is 0. The van der Waals surface area contributed by atoms with Gasteiger partial charge >= 0.3 is 0 Å². The lowest BCUT2D eigenvalue weighted by atomic mass is 10.1. The van der Waals surface area contributed by atoms with Crippen LogP contribution in [-0.4, -0.2) is 50.0 Å². The fraction of sp³-hybridized carbons (Fsp3) is 0.481. The van der Waals surface area contributed by atoms with Crippen LogP contribution >= 0.6 is 0 Å². The van der Waals surface area contributed by atoms with Crippen LogP contribution in [0, 0.1) is 13.8 Å². The average Bonchev–Trinajstić information content (AvgIpc) is 3.31. The molecule has 3 rings (SSSR count). The Kier molecular flexibility index (Phi) is 8.94. The van der Waals surface area contributed by atoms with Crippen LogP contribution < -0.4 is 9.62 Å². The Morgan fingerprint density at radius 1 is 1.00 bits per heavy atom. The maximum absolute atomic E-state index is 13.8. The van der Waals surface area contributed by atoms with E-state index in [1.54, 1.807) is 0 Å². The smallest absolute Gasteiger partial charge is 0.244 e. The van der Waals surface area contributed by atoms with Gasteiger partial charge in [0.2, 0.25) is 21.8 Å². The van der Waals surface area contributed by atoms with Crippen molar-refractivity contribution in [2.75, 3.05) is 17.1 Å². The number of nitrogens with zero attached hydrogens (tertiary/aromatic N) is 2. The summed E-state index contributed by atoms with van der Waals surface area (Å²) in [7, 11) is -3.75. The number of carbonyl (C=O) groups is 2. The predicted octanol–water partition coefficient (Wildman–Crippen LogP) is 3.94. The zero-order valence-electron chi connectivity index (χ0n) is 21.2. The molecule has 1 aliphatic rings. The zero-order valence-corrected chi connectivity index (χ0v) is 22.0. The molecule has 1 atom stereocenters. The van der Waals surface area contributed by atoms with E-state index in [-0.39, 0.29) is 25.0 Å². The fourth-order valence-electron chi connectivity index (χ4n) is 4.84. The first-order valence-electron chi connectivity index (χ1n) is 12.3. The normalized spacial score (nSPS) is 15.0. The third kappa shape index (κ3) is 6.84. The molecule has 0 aromatic heterocycles. The van der Waals surface area contributed by atoms with Crippen molar-refractivity contribution in [3.05, 3.63) is 65.2 Å². The second kappa shape index (κ2) is 11.7. The number of para-hydroxylation sites is 1. The van der Waals surface area contributed by atoms with Crippen molar-refractivity contribution in [3.63, 3.8) is 0 Å². The molecule has 1 saturated carbocycles. The number of benzene rings is 2. The molecule has 35 heavy (non-hydrogen) atoms. The maximum Gasteiger partial charge on any atom is 0.244 e. The lowest BCUT2D eigenvalue weighted by Gasteiger charge is -2.34. The molecule has 1 N–H and O–H groups in total. The van der Waals surface area contributed by atoms with Gasteiger partial charge in [0.25, 0.3) is 0 Å². The van der Waals surface area contributed by atoms with Crippen LogP contribution in [0.25, 0.3) is 0 Å². The van der Waals surface area contributed by atoms with E-state index >= 15 is 0 Å². The molecule has 7 nitrogen and oxygen atoms in total. The van der Waals surface area contributed by atoms with Crippen LogP contribution in [-0.2, 0) is 26.2 Å². The molecule has 0 heterocycles. The third-order valence-electron chi connectivity index (χ3n) is 6.65. The van der Waals surface area contributed by atoms with Crippen molar-refractivity contribution in [2.24, 2.45) is 0 Å². The number of hydrogen-bond acceptors (Lipinski definition) is 4. The Hall–Kier alpha value is -2.87. The van der Waals surface area contributed by atoms with E-state index in [0.717, 1.165) is 48.6 Å². The van der Waals surface area contributed by atoms with Crippen molar-refractivity contribution in [1.29, 1.82) is 0 Å². The largest absolute Gasteiger partial charge is 0.352 e. The van der Waals surface area contributed by atoms with Gasteiger partial charge in [0.15, 0.2) is 0 Å². The molecule has 8 heteroatoms. The first-order valence-corrected chi connectivity index (χ1v) is 14.1. The Labute approximate surface area is 209 Å². The van der Waals surface area contributed by atoms with Crippen molar-refractivity contribution < 1.29 is 18.0 Å². The van der Waals surface area contributed by atoms with Crippen molar-refractivity contribution in [2.45, 2.75) is 71.5 Å². The minimum absolute atomic E-state index is 0.132. The summed E-state index contributed by atoms with van der Waals surface area (Å²) in [5.74, 6) is -0.586. The van der Waals surface area contributed by atoms with Crippen molar-refractivity contribution in [1.82, 2.24) is 10.2 Å². The Bertz CT molecular complexity index is 1110. The number of aryl methyl sites for hydroxylation is 2. The molecule has 0 radical (unpaired) electrons. The van der Waals surface area contributed by atoms with E-state index in [1.165, 1.54) is 9.21 Å². The lowest BCUT2D eigenvalue weighted by Crippen LogP contribution is -2.53. The number of hydrogen-bond donors (Lipinski definition) is 1. The van der Waals surface area contributed by atoms with Crippen LogP contribution in [0.4, 0.5) is 5.69 Å². The monoisotopic (exact) mass is 499 g/mol. The second-order valence-electron chi connectivity index (χ2n) is 9.43. The minimum Gasteiger partial charge on any atom is -0.352 e. The SMILES string of the molecule is CC[C@@H](C(=O)NC1CCCC1)N(Cc1ccccc1)C(=O)CN(c1c(C)cccc1C)S(C)(=O)=O. The second-order valence-corrected chi connectivity index (χ2v) is 11.3. The summed E-state index contributed by atoms with van der Waals surface area (Å²) in [6.45, 7) is 5.39. The summed E-state index contributed by atoms with van der Waals surface area (Å²) in [6.07, 6.45) is 5.62. The van der Waals surface area contributed by atoms with Crippen LogP contribution in [0.1, 0.15) is 55.7 Å². The summed E-state index contributed by atoms with van der Waals surface area (Å²) < 4.78 is 26.8. The van der Waals surface area contributed by atoms with Crippen LogP contribution in [0.5, 0.6) is 0 Å². The summed E-state index contributed by atoms with van der Waals surface area (Å²) in [4.78, 5) is 28.6. The number of carbonyl (C=O) groups excluding carboxylic acids is 2. The van der Waals surface area contributed by atoms with Crippen LogP contribution in [0.2, 0.25) is 0 Å². The highest BCUT2D eigenvalue weighted by atomic mass is 32.2. The number of amides is 2. The van der Waals surface area contributed by atoms with E-state index in [2.05, 4.69) is 5.32 Å². The highest BCUT2D eigenvalue weighted by Crippen LogP contribution is 2.27. The summed E-state index contributed by atoms with van der Waals surface area (Å²) in [5.41, 5.74) is 2.92. The molecule has 0 bridgehead atoms. The van der Waals surface area contributed by atoms with Gasteiger partial charge in [-0.2, -0.15) is 0 Å². The van der Waals surface area contributed by atoms with E-state index in [9.17, 15) is 18.0 Å². The number of nitrogens with one attached hydrogen (secondary N) is 1. The van der Waals surface area contributed by atoms with Crippen molar-refractivity contribution in [3.8, 4) is 0 Å². The van der Waals surface area contributed by atoms with E-state index in [1.807, 2.05) is 69.3 Å². The van der Waals surface area contributed by atoms with Gasteiger partial charge in [-0.05, 0) is 49.8 Å². The third-order valence-corrected chi connectivity index (χ3v) is 7.76. The summed E-state index contributed by atoms with van der Waals surface area (Å²) in [6, 6.07) is 14.4. The highest BCUT2D eigenvalue weighted by Gasteiger charge is 2.33. The first kappa shape index (κ1) is 26.7. The molecule has 2 aromatic carbocycles. The molecular weight excluding hydrogens is 462 g/mol. The predicted molar refractivity (Wildman–Crippen MR) is 140 cm³/mol. The number of sulfonamides is 1. The molecule has 190 valence electrons. The molecule has 0 aliphatic heterocycles. The van der Waals surface area contributed by atoms with Gasteiger partial charge in [-0.1, -0.05) is 68.3 Å². The van der Waals surface area contributed by atoms with Gasteiger partial charge in [-0.15, -0.1) is 0 Å². The lowest BCUT2D eigenvalue weighted by molar-refractivity contribution is -0.140. The molecule has 2 aromatic rings. The maximum atomic E-state index is 13.8. The van der Waals surface area contributed by atoms with E-state index in [0.29, 0.717) is 12.1 Å². The number of anilines is 1. The van der Waals surface area contributed by atoms with Crippen molar-refractivity contribution >= 4 is 27.5 Å². The quantitative estimate of drug-likeness (QED) is 0.537. The Balaban J connectivity index is 1.94.